The second-order valence-corrected chi connectivity index (χ2v) is 4.78. The lowest BCUT2D eigenvalue weighted by atomic mass is 10.2. The maximum atomic E-state index is 11.0. The Morgan fingerprint density at radius 1 is 1.45 bits per heavy atom. The first kappa shape index (κ1) is 14.2. The number of nitro benzene ring substituents is 1. The van der Waals surface area contributed by atoms with Crippen molar-refractivity contribution in [2.45, 2.75) is 13.3 Å². The van der Waals surface area contributed by atoms with Crippen molar-refractivity contribution >= 4 is 27.4 Å². The lowest BCUT2D eigenvalue weighted by Crippen LogP contribution is -2.02. The number of nitrogens with two attached hydrogens (primary N) is 1. The van der Waals surface area contributed by atoms with Gasteiger partial charge in [0.15, 0.2) is 0 Å². The first-order valence-electron chi connectivity index (χ1n) is 5.74. The molecule has 0 fully saturated rings. The van der Waals surface area contributed by atoms with Crippen molar-refractivity contribution in [2.75, 3.05) is 5.73 Å². The predicted molar refractivity (Wildman–Crippen MR) is 76.7 cm³/mol. The molecule has 0 amide bonds. The normalized spacial score (nSPS) is 10.3. The molecule has 7 nitrogen and oxygen atoms in total. The van der Waals surface area contributed by atoms with Crippen LogP contribution in [0.1, 0.15) is 12.5 Å². The van der Waals surface area contributed by atoms with Gasteiger partial charge in [0.2, 0.25) is 11.6 Å². The summed E-state index contributed by atoms with van der Waals surface area (Å²) in [5, 5.41) is 11.0. The molecular formula is C12H11BrN4O3. The zero-order valence-corrected chi connectivity index (χ0v) is 12.1. The van der Waals surface area contributed by atoms with Crippen LogP contribution in [0, 0.1) is 10.1 Å². The second-order valence-electron chi connectivity index (χ2n) is 3.87. The highest BCUT2D eigenvalue weighted by Gasteiger charge is 2.18. The largest absolute Gasteiger partial charge is 0.431 e. The van der Waals surface area contributed by atoms with Gasteiger partial charge in [-0.1, -0.05) is 22.9 Å². The summed E-state index contributed by atoms with van der Waals surface area (Å²) in [4.78, 5) is 18.4. The van der Waals surface area contributed by atoms with E-state index >= 15 is 0 Å². The van der Waals surface area contributed by atoms with Crippen molar-refractivity contribution in [3.05, 3.63) is 44.7 Å². The Kier molecular flexibility index (Phi) is 4.14. The number of nitro groups is 1. The minimum atomic E-state index is -0.518. The third kappa shape index (κ3) is 2.85. The zero-order chi connectivity index (χ0) is 14.7. The summed E-state index contributed by atoms with van der Waals surface area (Å²) in [6.45, 7) is 1.87. The highest BCUT2D eigenvalue weighted by molar-refractivity contribution is 9.10. The fourth-order valence-electron chi connectivity index (χ4n) is 1.65. The molecule has 0 radical (unpaired) electrons. The molecule has 0 atom stereocenters. The summed E-state index contributed by atoms with van der Waals surface area (Å²) in [7, 11) is 0. The number of halogens is 1. The lowest BCUT2D eigenvalue weighted by molar-refractivity contribution is -0.385. The van der Waals surface area contributed by atoms with Crippen LogP contribution < -0.4 is 10.5 Å². The van der Waals surface area contributed by atoms with Crippen LogP contribution in [0.3, 0.4) is 0 Å². The smallest absolute Gasteiger partial charge is 0.312 e. The topological polar surface area (TPSA) is 104 Å². The number of rotatable bonds is 4. The van der Waals surface area contributed by atoms with Gasteiger partial charge in [-0.15, -0.1) is 0 Å². The van der Waals surface area contributed by atoms with Crippen LogP contribution in [0.4, 0.5) is 11.5 Å². The Morgan fingerprint density at radius 2 is 2.20 bits per heavy atom. The second kappa shape index (κ2) is 5.83. The average molecular weight is 339 g/mol. The van der Waals surface area contributed by atoms with Crippen molar-refractivity contribution < 1.29 is 9.66 Å². The number of anilines is 1. The van der Waals surface area contributed by atoms with Crippen molar-refractivity contribution in [1.82, 2.24) is 9.97 Å². The molecule has 1 aromatic carbocycles. The van der Waals surface area contributed by atoms with E-state index in [-0.39, 0.29) is 17.3 Å². The Labute approximate surface area is 123 Å². The van der Waals surface area contributed by atoms with Gasteiger partial charge in [-0.3, -0.25) is 10.1 Å². The number of hydrogen-bond acceptors (Lipinski definition) is 6. The van der Waals surface area contributed by atoms with E-state index < -0.39 is 4.92 Å². The maximum absolute atomic E-state index is 11.0. The summed E-state index contributed by atoms with van der Waals surface area (Å²) < 4.78 is 6.13. The van der Waals surface area contributed by atoms with Gasteiger partial charge in [0.05, 0.1) is 10.5 Å². The molecule has 8 heteroatoms. The molecular weight excluding hydrogens is 328 g/mol. The van der Waals surface area contributed by atoms with Crippen LogP contribution in [0.25, 0.3) is 0 Å². The van der Waals surface area contributed by atoms with E-state index in [4.69, 9.17) is 10.5 Å². The Balaban J connectivity index is 2.45. The van der Waals surface area contributed by atoms with E-state index in [1.54, 1.807) is 6.07 Å². The monoisotopic (exact) mass is 338 g/mol. The molecule has 0 saturated carbocycles. The van der Waals surface area contributed by atoms with Crippen LogP contribution in [0.15, 0.2) is 29.0 Å². The first-order chi connectivity index (χ1) is 9.52. The van der Waals surface area contributed by atoms with Gasteiger partial charge in [-0.2, -0.15) is 0 Å². The molecule has 0 bridgehead atoms. The van der Waals surface area contributed by atoms with Crippen molar-refractivity contribution in [3.8, 4) is 11.6 Å². The van der Waals surface area contributed by atoms with Gasteiger partial charge in [-0.05, 0) is 18.6 Å². The van der Waals surface area contributed by atoms with Crippen LogP contribution in [-0.2, 0) is 6.42 Å². The number of benzene rings is 1. The van der Waals surface area contributed by atoms with E-state index in [2.05, 4.69) is 25.9 Å². The van der Waals surface area contributed by atoms with E-state index in [1.165, 1.54) is 18.5 Å². The van der Waals surface area contributed by atoms with E-state index in [1.807, 2.05) is 6.92 Å². The average Bonchev–Trinajstić information content (AvgIpc) is 2.41. The number of aromatic nitrogens is 2. The van der Waals surface area contributed by atoms with E-state index in [0.717, 1.165) is 0 Å². The minimum Gasteiger partial charge on any atom is -0.431 e. The van der Waals surface area contributed by atoms with Crippen LogP contribution in [-0.4, -0.2) is 14.9 Å². The van der Waals surface area contributed by atoms with Crippen LogP contribution in [0.5, 0.6) is 11.6 Å². The molecule has 104 valence electrons. The molecule has 0 aliphatic rings. The summed E-state index contributed by atoms with van der Waals surface area (Å²) in [6.07, 6.45) is 1.82. The van der Waals surface area contributed by atoms with Crippen LogP contribution >= 0.6 is 15.9 Å². The fraction of sp³-hybridized carbons (Fsp3) is 0.167. The summed E-state index contributed by atoms with van der Waals surface area (Å²) in [5.41, 5.74) is 6.20. The maximum Gasteiger partial charge on any atom is 0.312 e. The van der Waals surface area contributed by atoms with Gasteiger partial charge < -0.3 is 10.5 Å². The molecule has 2 aromatic rings. The Hall–Kier alpha value is -2.22. The van der Waals surface area contributed by atoms with Gasteiger partial charge in [0.25, 0.3) is 0 Å². The standard InChI is InChI=1S/C12H11BrN4O3/c1-2-8-11(14)15-6-16-12(8)20-10-4-3-7(13)5-9(10)17(18)19/h3-6H,2H2,1H3,(H2,14,15,16). The van der Waals surface area contributed by atoms with Crippen molar-refractivity contribution in [3.63, 3.8) is 0 Å². The number of ether oxygens (including phenoxy) is 1. The van der Waals surface area contributed by atoms with Gasteiger partial charge in [-0.25, -0.2) is 9.97 Å². The highest BCUT2D eigenvalue weighted by atomic mass is 79.9. The van der Waals surface area contributed by atoms with Crippen LogP contribution in [0.2, 0.25) is 0 Å². The third-order valence-electron chi connectivity index (χ3n) is 2.62. The minimum absolute atomic E-state index is 0.103. The third-order valence-corrected chi connectivity index (χ3v) is 3.11. The Bertz CT molecular complexity index is 663. The molecule has 1 aromatic heterocycles. The predicted octanol–water partition coefficient (Wildman–Crippen LogP) is 3.08. The van der Waals surface area contributed by atoms with Gasteiger partial charge >= 0.3 is 5.69 Å². The fourth-order valence-corrected chi connectivity index (χ4v) is 2.00. The number of nitrogen functional groups attached to an aromatic ring is 1. The summed E-state index contributed by atoms with van der Waals surface area (Å²) in [6, 6.07) is 4.52. The molecule has 1 heterocycles. The Morgan fingerprint density at radius 3 is 2.85 bits per heavy atom. The van der Waals surface area contributed by atoms with Crippen molar-refractivity contribution in [2.24, 2.45) is 0 Å². The molecule has 0 spiro atoms. The molecule has 2 N–H and O–H groups in total. The van der Waals surface area contributed by atoms with Gasteiger partial charge in [0.1, 0.15) is 12.1 Å². The molecule has 2 rings (SSSR count). The quantitative estimate of drug-likeness (QED) is 0.678. The highest BCUT2D eigenvalue weighted by Crippen LogP contribution is 2.34. The summed E-state index contributed by atoms with van der Waals surface area (Å²) >= 11 is 3.18. The SMILES string of the molecule is CCc1c(N)ncnc1Oc1ccc(Br)cc1[N+](=O)[O-]. The molecule has 0 aliphatic heterocycles. The first-order valence-corrected chi connectivity index (χ1v) is 6.53. The van der Waals surface area contributed by atoms with E-state index in [9.17, 15) is 10.1 Å². The molecule has 20 heavy (non-hydrogen) atoms. The lowest BCUT2D eigenvalue weighted by Gasteiger charge is -2.10. The van der Waals surface area contributed by atoms with Crippen molar-refractivity contribution in [1.29, 1.82) is 0 Å². The number of hydrogen-bond donors (Lipinski definition) is 1. The van der Waals surface area contributed by atoms with E-state index in [0.29, 0.717) is 22.3 Å². The number of nitrogens with zero attached hydrogens (tertiary/aromatic N) is 3. The summed E-state index contributed by atoms with van der Waals surface area (Å²) in [5.74, 6) is 0.633. The molecule has 0 unspecified atom stereocenters. The zero-order valence-electron chi connectivity index (χ0n) is 10.5. The molecule has 0 aliphatic carbocycles. The molecule has 0 saturated heterocycles. The van der Waals surface area contributed by atoms with Gasteiger partial charge in [0, 0.05) is 10.5 Å².